The van der Waals surface area contributed by atoms with Crippen molar-refractivity contribution in [3.63, 3.8) is 0 Å². The lowest BCUT2D eigenvalue weighted by atomic mass is 10.4. The van der Waals surface area contributed by atoms with E-state index in [9.17, 15) is 4.79 Å². The summed E-state index contributed by atoms with van der Waals surface area (Å²) in [5, 5.41) is 8.55. The highest BCUT2D eigenvalue weighted by molar-refractivity contribution is 5.84. The minimum atomic E-state index is -1.11. The van der Waals surface area contributed by atoms with Gasteiger partial charge in [-0.1, -0.05) is 0 Å². The normalized spacial score (nSPS) is 10.2. The monoisotopic (exact) mass is 179 g/mol. The zero-order valence-electron chi connectivity index (χ0n) is 6.43. The first kappa shape index (κ1) is 7.60. The number of carboxylic acids is 1. The Bertz CT molecular complexity index is 415. The Labute approximate surface area is 72.6 Å². The molecule has 0 aromatic carbocycles. The summed E-state index contributed by atoms with van der Waals surface area (Å²) in [6.45, 7) is 0. The molecule has 0 unspecified atom stereocenters. The maximum Gasteiger partial charge on any atom is 0.371 e. The average Bonchev–Trinajstić information content (AvgIpc) is 2.75. The van der Waals surface area contributed by atoms with Gasteiger partial charge in [0.1, 0.15) is 6.26 Å². The van der Waals surface area contributed by atoms with Gasteiger partial charge in [-0.2, -0.15) is 0 Å². The number of carbonyl (C=O) groups is 1. The summed E-state index contributed by atoms with van der Waals surface area (Å²) in [6, 6.07) is 2.84. The highest BCUT2D eigenvalue weighted by atomic mass is 16.4. The molecule has 0 radical (unpaired) electrons. The molecule has 0 saturated carbocycles. The Morgan fingerprint density at radius 1 is 1.46 bits per heavy atom. The Morgan fingerprint density at radius 2 is 2.31 bits per heavy atom. The van der Waals surface area contributed by atoms with Crippen molar-refractivity contribution in [3.05, 3.63) is 30.4 Å². The second-order valence-electron chi connectivity index (χ2n) is 2.31. The van der Waals surface area contributed by atoms with Crippen molar-refractivity contribution in [1.82, 2.24) is 4.98 Å². The van der Waals surface area contributed by atoms with Gasteiger partial charge in [-0.25, -0.2) is 9.78 Å². The van der Waals surface area contributed by atoms with Crippen molar-refractivity contribution in [3.8, 4) is 11.7 Å². The Morgan fingerprint density at radius 3 is 2.85 bits per heavy atom. The number of aromatic carboxylic acids is 1. The first-order valence-electron chi connectivity index (χ1n) is 3.50. The minimum Gasteiger partial charge on any atom is -0.475 e. The molecule has 5 nitrogen and oxygen atoms in total. The molecule has 0 aliphatic carbocycles. The number of nitrogens with zero attached hydrogens (tertiary/aromatic N) is 1. The highest BCUT2D eigenvalue weighted by Crippen LogP contribution is 2.19. The highest BCUT2D eigenvalue weighted by Gasteiger charge is 2.12. The summed E-state index contributed by atoms with van der Waals surface area (Å²) in [5.41, 5.74) is 0. The zero-order chi connectivity index (χ0) is 9.26. The van der Waals surface area contributed by atoms with Gasteiger partial charge < -0.3 is 13.9 Å². The average molecular weight is 179 g/mol. The summed E-state index contributed by atoms with van der Waals surface area (Å²) in [7, 11) is 0. The van der Waals surface area contributed by atoms with E-state index in [2.05, 4.69) is 4.98 Å². The van der Waals surface area contributed by atoms with Crippen molar-refractivity contribution in [1.29, 1.82) is 0 Å². The van der Waals surface area contributed by atoms with Crippen LogP contribution in [0.5, 0.6) is 0 Å². The summed E-state index contributed by atoms with van der Waals surface area (Å²) in [4.78, 5) is 14.2. The number of carboxylic acid groups (broad SMARTS) is 1. The number of hydrogen-bond donors (Lipinski definition) is 1. The third kappa shape index (κ3) is 1.31. The first-order valence-corrected chi connectivity index (χ1v) is 3.50. The van der Waals surface area contributed by atoms with Crippen molar-refractivity contribution < 1.29 is 18.7 Å². The molecular weight excluding hydrogens is 174 g/mol. The van der Waals surface area contributed by atoms with Crippen LogP contribution in [0.4, 0.5) is 0 Å². The van der Waals surface area contributed by atoms with E-state index in [4.69, 9.17) is 13.9 Å². The molecule has 2 aromatic rings. The van der Waals surface area contributed by atoms with Crippen molar-refractivity contribution in [2.75, 3.05) is 0 Å². The molecule has 0 saturated heterocycles. The van der Waals surface area contributed by atoms with Crippen LogP contribution in [0.15, 0.2) is 33.4 Å². The van der Waals surface area contributed by atoms with Gasteiger partial charge in [0.25, 0.3) is 5.89 Å². The molecule has 2 heterocycles. The Balaban J connectivity index is 2.39. The second kappa shape index (κ2) is 2.78. The third-order valence-electron chi connectivity index (χ3n) is 1.46. The maximum atomic E-state index is 10.4. The van der Waals surface area contributed by atoms with Gasteiger partial charge in [-0.05, 0) is 12.1 Å². The van der Waals surface area contributed by atoms with Crippen molar-refractivity contribution >= 4 is 5.97 Å². The van der Waals surface area contributed by atoms with E-state index in [1.165, 1.54) is 24.6 Å². The van der Waals surface area contributed by atoms with E-state index in [1.807, 2.05) is 0 Å². The fraction of sp³-hybridized carbons (Fsp3) is 0. The van der Waals surface area contributed by atoms with Gasteiger partial charge in [0.05, 0.1) is 6.20 Å². The van der Waals surface area contributed by atoms with E-state index in [-0.39, 0.29) is 11.7 Å². The number of rotatable bonds is 2. The second-order valence-corrected chi connectivity index (χ2v) is 2.31. The molecule has 0 fully saturated rings. The largest absolute Gasteiger partial charge is 0.475 e. The van der Waals surface area contributed by atoms with Crippen LogP contribution in [-0.4, -0.2) is 16.1 Å². The van der Waals surface area contributed by atoms with Crippen LogP contribution >= 0.6 is 0 Å². The van der Waals surface area contributed by atoms with Crippen LogP contribution in [0.2, 0.25) is 0 Å². The van der Waals surface area contributed by atoms with Crippen LogP contribution in [0.25, 0.3) is 11.7 Å². The van der Waals surface area contributed by atoms with E-state index in [0.29, 0.717) is 5.76 Å². The molecule has 0 spiro atoms. The predicted molar refractivity (Wildman–Crippen MR) is 41.2 cm³/mol. The van der Waals surface area contributed by atoms with Crippen LogP contribution < -0.4 is 0 Å². The molecule has 2 aromatic heterocycles. The predicted octanol–water partition coefficient (Wildman–Crippen LogP) is 1.63. The molecule has 0 atom stereocenters. The molecule has 0 amide bonds. The van der Waals surface area contributed by atoms with Gasteiger partial charge in [-0.15, -0.1) is 0 Å². The summed E-state index contributed by atoms with van der Waals surface area (Å²) in [6.07, 6.45) is 2.84. The molecule has 0 aliphatic rings. The molecule has 0 aliphatic heterocycles. The fourth-order valence-corrected chi connectivity index (χ4v) is 0.913. The van der Waals surface area contributed by atoms with Gasteiger partial charge in [-0.3, -0.25) is 0 Å². The number of hydrogen-bond acceptors (Lipinski definition) is 4. The van der Waals surface area contributed by atoms with E-state index >= 15 is 0 Å². The SMILES string of the molecule is O=C(O)c1ccc(-c2ncco2)o1. The van der Waals surface area contributed by atoms with Gasteiger partial charge in [0, 0.05) is 0 Å². The summed E-state index contributed by atoms with van der Waals surface area (Å²) in [5.74, 6) is -0.666. The minimum absolute atomic E-state index is 0.131. The number of furan rings is 1. The molecule has 1 N–H and O–H groups in total. The lowest BCUT2D eigenvalue weighted by Crippen LogP contribution is -1.91. The first-order chi connectivity index (χ1) is 6.27. The van der Waals surface area contributed by atoms with E-state index < -0.39 is 5.97 Å². The van der Waals surface area contributed by atoms with Gasteiger partial charge >= 0.3 is 5.97 Å². The van der Waals surface area contributed by atoms with E-state index in [1.54, 1.807) is 0 Å². The lowest BCUT2D eigenvalue weighted by Gasteiger charge is -1.86. The zero-order valence-corrected chi connectivity index (χ0v) is 6.43. The maximum absolute atomic E-state index is 10.4. The van der Waals surface area contributed by atoms with Crippen molar-refractivity contribution in [2.45, 2.75) is 0 Å². The number of aromatic nitrogens is 1. The summed E-state index contributed by atoms with van der Waals surface area (Å²) < 4.78 is 9.85. The van der Waals surface area contributed by atoms with E-state index in [0.717, 1.165) is 0 Å². The van der Waals surface area contributed by atoms with Gasteiger partial charge in [0.2, 0.25) is 5.76 Å². The quantitative estimate of drug-likeness (QED) is 0.758. The molecule has 13 heavy (non-hydrogen) atoms. The topological polar surface area (TPSA) is 76.5 Å². The Hall–Kier alpha value is -2.04. The lowest BCUT2D eigenvalue weighted by molar-refractivity contribution is 0.0663. The van der Waals surface area contributed by atoms with Crippen molar-refractivity contribution in [2.24, 2.45) is 0 Å². The summed E-state index contributed by atoms with van der Waals surface area (Å²) >= 11 is 0. The third-order valence-corrected chi connectivity index (χ3v) is 1.46. The molecule has 5 heteroatoms. The van der Waals surface area contributed by atoms with Gasteiger partial charge in [0.15, 0.2) is 5.76 Å². The van der Waals surface area contributed by atoms with Crippen LogP contribution in [-0.2, 0) is 0 Å². The molecule has 0 bridgehead atoms. The van der Waals surface area contributed by atoms with Crippen LogP contribution in [0.3, 0.4) is 0 Å². The smallest absolute Gasteiger partial charge is 0.371 e. The fourth-order valence-electron chi connectivity index (χ4n) is 0.913. The number of oxazole rings is 1. The van der Waals surface area contributed by atoms with Crippen LogP contribution in [0.1, 0.15) is 10.6 Å². The molecule has 66 valence electrons. The standard InChI is InChI=1S/C8H5NO4/c10-8(11)6-2-1-5(13-6)7-9-3-4-12-7/h1-4H,(H,10,11). The molecule has 2 rings (SSSR count). The van der Waals surface area contributed by atoms with Crippen LogP contribution in [0, 0.1) is 0 Å². The molecular formula is C8H5NO4. The Kier molecular flexibility index (Phi) is 1.63.